The molecule has 0 atom stereocenters. The SMILES string of the molecule is COc1cc(CNCc2ccco2)cc(Br)c1OCc1ccccc1F.[Cl-]. The van der Waals surface area contributed by atoms with Crippen molar-refractivity contribution in [2.45, 2.75) is 19.7 Å². The van der Waals surface area contributed by atoms with Crippen molar-refractivity contribution in [2.75, 3.05) is 7.11 Å². The number of methoxy groups -OCH3 is 1. The van der Waals surface area contributed by atoms with Crippen LogP contribution >= 0.6 is 15.9 Å². The zero-order valence-corrected chi connectivity index (χ0v) is 17.0. The fourth-order valence-corrected chi connectivity index (χ4v) is 3.13. The van der Waals surface area contributed by atoms with E-state index in [9.17, 15) is 4.39 Å². The molecule has 0 aliphatic rings. The molecule has 0 saturated carbocycles. The van der Waals surface area contributed by atoms with E-state index in [1.807, 2.05) is 24.3 Å². The minimum absolute atomic E-state index is 0. The third-order valence-corrected chi connectivity index (χ3v) is 4.42. The number of nitrogens with one attached hydrogen (secondary N) is 1. The Morgan fingerprint density at radius 2 is 1.93 bits per heavy atom. The molecule has 0 saturated heterocycles. The fourth-order valence-electron chi connectivity index (χ4n) is 2.52. The molecule has 0 aliphatic carbocycles. The summed E-state index contributed by atoms with van der Waals surface area (Å²) < 4.78 is 31.0. The minimum Gasteiger partial charge on any atom is -1.00 e. The summed E-state index contributed by atoms with van der Waals surface area (Å²) in [5, 5.41) is 3.31. The predicted octanol–water partition coefficient (Wildman–Crippen LogP) is 2.06. The molecule has 1 aromatic heterocycles. The van der Waals surface area contributed by atoms with Gasteiger partial charge in [0.15, 0.2) is 11.5 Å². The first-order valence-electron chi connectivity index (χ1n) is 8.13. The summed E-state index contributed by atoms with van der Waals surface area (Å²) in [4.78, 5) is 0. The highest BCUT2D eigenvalue weighted by molar-refractivity contribution is 9.10. The predicted molar refractivity (Wildman–Crippen MR) is 101 cm³/mol. The Morgan fingerprint density at radius 1 is 1.11 bits per heavy atom. The van der Waals surface area contributed by atoms with Gasteiger partial charge in [0, 0.05) is 12.1 Å². The van der Waals surface area contributed by atoms with Gasteiger partial charge in [0.05, 0.1) is 24.4 Å². The van der Waals surface area contributed by atoms with Crippen molar-refractivity contribution >= 4 is 15.9 Å². The van der Waals surface area contributed by atoms with Gasteiger partial charge in [-0.1, -0.05) is 18.2 Å². The van der Waals surface area contributed by atoms with E-state index in [-0.39, 0.29) is 24.8 Å². The maximum Gasteiger partial charge on any atom is 0.175 e. The monoisotopic (exact) mass is 454 g/mol. The molecule has 2 aromatic carbocycles. The summed E-state index contributed by atoms with van der Waals surface area (Å²) in [5.41, 5.74) is 1.52. The molecule has 1 N–H and O–H groups in total. The topological polar surface area (TPSA) is 43.6 Å². The molecule has 0 spiro atoms. The number of hydrogen-bond acceptors (Lipinski definition) is 4. The van der Waals surface area contributed by atoms with Gasteiger partial charge in [-0.05, 0) is 51.8 Å². The molecule has 1 heterocycles. The maximum atomic E-state index is 13.8. The Balaban J connectivity index is 0.00000261. The van der Waals surface area contributed by atoms with Crippen molar-refractivity contribution in [3.8, 4) is 11.5 Å². The van der Waals surface area contributed by atoms with Crippen LogP contribution in [0.5, 0.6) is 11.5 Å². The highest BCUT2D eigenvalue weighted by Gasteiger charge is 2.13. The van der Waals surface area contributed by atoms with Crippen LogP contribution in [-0.4, -0.2) is 7.11 Å². The lowest BCUT2D eigenvalue weighted by Gasteiger charge is -2.15. The summed E-state index contributed by atoms with van der Waals surface area (Å²) >= 11 is 3.52. The zero-order valence-electron chi connectivity index (χ0n) is 14.7. The second-order valence-corrected chi connectivity index (χ2v) is 6.53. The lowest BCUT2D eigenvalue weighted by molar-refractivity contribution is -0.00000686. The van der Waals surface area contributed by atoms with Gasteiger partial charge in [-0.25, -0.2) is 4.39 Å². The first-order valence-corrected chi connectivity index (χ1v) is 8.92. The van der Waals surface area contributed by atoms with Crippen molar-refractivity contribution in [1.82, 2.24) is 5.32 Å². The molecular formula is C20H19BrClFNO3-. The summed E-state index contributed by atoms with van der Waals surface area (Å²) in [6.45, 7) is 1.40. The summed E-state index contributed by atoms with van der Waals surface area (Å²) in [6, 6.07) is 14.2. The van der Waals surface area contributed by atoms with E-state index in [4.69, 9.17) is 13.9 Å². The molecule has 3 rings (SSSR count). The van der Waals surface area contributed by atoms with Crippen molar-refractivity contribution in [2.24, 2.45) is 0 Å². The Kier molecular flexibility index (Phi) is 8.16. The molecule has 0 radical (unpaired) electrons. The van der Waals surface area contributed by atoms with E-state index in [1.54, 1.807) is 31.6 Å². The Labute approximate surface area is 172 Å². The summed E-state index contributed by atoms with van der Waals surface area (Å²) in [7, 11) is 1.58. The number of furan rings is 1. The number of hydrogen-bond donors (Lipinski definition) is 1. The lowest BCUT2D eigenvalue weighted by Crippen LogP contribution is -3.00. The summed E-state index contributed by atoms with van der Waals surface area (Å²) in [6.07, 6.45) is 1.65. The molecule has 27 heavy (non-hydrogen) atoms. The quantitative estimate of drug-likeness (QED) is 0.565. The van der Waals surface area contributed by atoms with Gasteiger partial charge in [0.1, 0.15) is 18.2 Å². The Bertz CT molecular complexity index is 858. The molecule has 7 heteroatoms. The summed E-state index contributed by atoms with van der Waals surface area (Å²) in [5.74, 6) is 1.72. The number of benzene rings is 2. The van der Waals surface area contributed by atoms with Crippen molar-refractivity contribution < 1.29 is 30.7 Å². The van der Waals surface area contributed by atoms with Crippen LogP contribution in [0.25, 0.3) is 0 Å². The van der Waals surface area contributed by atoms with Gasteiger partial charge in [-0.2, -0.15) is 0 Å². The maximum absolute atomic E-state index is 13.8. The third kappa shape index (κ3) is 5.73. The first-order chi connectivity index (χ1) is 12.7. The van der Waals surface area contributed by atoms with Crippen LogP contribution in [0.4, 0.5) is 4.39 Å². The second-order valence-electron chi connectivity index (χ2n) is 5.67. The normalized spacial score (nSPS) is 10.3. The Morgan fingerprint density at radius 3 is 2.63 bits per heavy atom. The third-order valence-electron chi connectivity index (χ3n) is 3.83. The minimum atomic E-state index is -0.290. The van der Waals surface area contributed by atoms with Crippen molar-refractivity contribution in [3.05, 3.63) is 82.0 Å². The molecule has 0 fully saturated rings. The molecule has 3 aromatic rings. The van der Waals surface area contributed by atoms with Gasteiger partial charge in [0.25, 0.3) is 0 Å². The van der Waals surface area contributed by atoms with E-state index in [0.29, 0.717) is 30.2 Å². The molecule has 0 amide bonds. The van der Waals surface area contributed by atoms with Gasteiger partial charge < -0.3 is 31.6 Å². The van der Waals surface area contributed by atoms with E-state index in [2.05, 4.69) is 21.2 Å². The molecular weight excluding hydrogens is 437 g/mol. The van der Waals surface area contributed by atoms with Crippen LogP contribution < -0.4 is 27.2 Å². The molecule has 144 valence electrons. The van der Waals surface area contributed by atoms with Gasteiger partial charge in [-0.15, -0.1) is 0 Å². The largest absolute Gasteiger partial charge is 1.00 e. The molecule has 4 nitrogen and oxygen atoms in total. The smallest absolute Gasteiger partial charge is 0.175 e. The number of rotatable bonds is 8. The van der Waals surface area contributed by atoms with Gasteiger partial charge in [-0.3, -0.25) is 0 Å². The Hall–Kier alpha value is -2.02. The standard InChI is InChI=1S/C20H19BrFNO3.ClH/c1-24-19-10-14(11-23-12-16-6-4-8-25-16)9-17(21)20(19)26-13-15-5-2-3-7-18(15)22;/h2-10,23H,11-13H2,1H3;1H/p-1. The van der Waals surface area contributed by atoms with Crippen molar-refractivity contribution in [1.29, 1.82) is 0 Å². The number of ether oxygens (including phenoxy) is 2. The lowest BCUT2D eigenvalue weighted by atomic mass is 10.2. The van der Waals surface area contributed by atoms with Crippen LogP contribution in [0.15, 0.2) is 63.7 Å². The average molecular weight is 456 g/mol. The van der Waals surface area contributed by atoms with E-state index in [0.717, 1.165) is 15.8 Å². The fraction of sp³-hybridized carbons (Fsp3) is 0.200. The second kappa shape index (κ2) is 10.3. The van der Waals surface area contributed by atoms with E-state index < -0.39 is 0 Å². The van der Waals surface area contributed by atoms with Gasteiger partial charge >= 0.3 is 0 Å². The first kappa shape index (κ1) is 21.3. The zero-order chi connectivity index (χ0) is 18.4. The van der Waals surface area contributed by atoms with Crippen LogP contribution in [0.3, 0.4) is 0 Å². The average Bonchev–Trinajstić information content (AvgIpc) is 3.15. The highest BCUT2D eigenvalue weighted by atomic mass is 79.9. The van der Waals surface area contributed by atoms with Gasteiger partial charge in [0.2, 0.25) is 0 Å². The van der Waals surface area contributed by atoms with E-state index in [1.165, 1.54) is 6.07 Å². The molecule has 0 unspecified atom stereocenters. The van der Waals surface area contributed by atoms with Crippen LogP contribution in [0, 0.1) is 5.82 Å². The highest BCUT2D eigenvalue weighted by Crippen LogP contribution is 2.37. The molecule has 0 bridgehead atoms. The van der Waals surface area contributed by atoms with Crippen LogP contribution in [0.1, 0.15) is 16.9 Å². The van der Waals surface area contributed by atoms with Crippen LogP contribution in [-0.2, 0) is 19.7 Å². The molecule has 0 aliphatic heterocycles. The number of halogens is 3. The van der Waals surface area contributed by atoms with E-state index >= 15 is 0 Å². The van der Waals surface area contributed by atoms with Crippen LogP contribution in [0.2, 0.25) is 0 Å². The van der Waals surface area contributed by atoms with Crippen molar-refractivity contribution in [3.63, 3.8) is 0 Å².